The van der Waals surface area contributed by atoms with Crippen LogP contribution in [0, 0.1) is 11.8 Å². The SMILES string of the molecule is C=C(c1nnc(C(C)(C)C)o1)[C@@H](NC(=O)[C@@H]1CCCN1C(=O)[C@@H](NC(=O)CCCCC(C)(C)NC(=O)c1ccc(O)cn1)C(C)C)C(C)C. The Morgan fingerprint density at radius 1 is 1.00 bits per heavy atom. The van der Waals surface area contributed by atoms with Crippen molar-refractivity contribution in [1.82, 2.24) is 36.0 Å². The fourth-order valence-corrected chi connectivity index (χ4v) is 5.74. The van der Waals surface area contributed by atoms with Crippen LogP contribution < -0.4 is 16.0 Å². The summed E-state index contributed by atoms with van der Waals surface area (Å²) in [6.07, 6.45) is 4.47. The van der Waals surface area contributed by atoms with Gasteiger partial charge in [0.05, 0.1) is 12.2 Å². The topological polar surface area (TPSA) is 180 Å². The molecular formula is C36H55N7O6. The van der Waals surface area contributed by atoms with E-state index < -0.39 is 23.7 Å². The summed E-state index contributed by atoms with van der Waals surface area (Å²) in [4.78, 5) is 58.6. The van der Waals surface area contributed by atoms with E-state index in [2.05, 4.69) is 37.7 Å². The minimum Gasteiger partial charge on any atom is -0.506 e. The predicted octanol–water partition coefficient (Wildman–Crippen LogP) is 4.52. The molecule has 4 amide bonds. The third kappa shape index (κ3) is 10.9. The normalized spacial score (nSPS) is 16.4. The highest BCUT2D eigenvalue weighted by atomic mass is 16.4. The lowest BCUT2D eigenvalue weighted by atomic mass is 9.95. The van der Waals surface area contributed by atoms with Gasteiger partial charge in [0.15, 0.2) is 0 Å². The van der Waals surface area contributed by atoms with Crippen molar-refractivity contribution in [2.75, 3.05) is 6.54 Å². The number of hydrogen-bond donors (Lipinski definition) is 4. The molecule has 0 aromatic carbocycles. The Hall–Kier alpha value is -4.29. The van der Waals surface area contributed by atoms with Crippen LogP contribution in [0.4, 0.5) is 0 Å². The number of carbonyl (C=O) groups excluding carboxylic acids is 4. The maximum Gasteiger partial charge on any atom is 0.270 e. The summed E-state index contributed by atoms with van der Waals surface area (Å²) in [5.41, 5.74) is -0.165. The zero-order chi connectivity index (χ0) is 36.7. The number of aromatic nitrogens is 3. The molecule has 0 spiro atoms. The summed E-state index contributed by atoms with van der Waals surface area (Å²) in [7, 11) is 0. The maximum atomic E-state index is 13.8. The summed E-state index contributed by atoms with van der Waals surface area (Å²) in [5.74, 6) is -0.655. The van der Waals surface area contributed by atoms with Crippen LogP contribution in [0.15, 0.2) is 29.3 Å². The van der Waals surface area contributed by atoms with Gasteiger partial charge in [0.2, 0.25) is 29.5 Å². The fraction of sp³-hybridized carbons (Fsp3) is 0.639. The molecule has 4 N–H and O–H groups in total. The molecule has 1 saturated heterocycles. The molecule has 2 aromatic rings. The van der Waals surface area contributed by atoms with Gasteiger partial charge in [0.25, 0.3) is 5.91 Å². The first-order valence-electron chi connectivity index (χ1n) is 17.2. The second kappa shape index (κ2) is 16.4. The number of nitrogens with one attached hydrogen (secondary N) is 3. The van der Waals surface area contributed by atoms with Crippen LogP contribution in [0.5, 0.6) is 5.75 Å². The van der Waals surface area contributed by atoms with Gasteiger partial charge in [-0.2, -0.15) is 0 Å². The number of amides is 4. The van der Waals surface area contributed by atoms with Crippen molar-refractivity contribution in [2.45, 2.75) is 130 Å². The van der Waals surface area contributed by atoms with E-state index in [4.69, 9.17) is 4.42 Å². The summed E-state index contributed by atoms with van der Waals surface area (Å²) in [6.45, 7) is 22.0. The van der Waals surface area contributed by atoms with Crippen LogP contribution in [0.25, 0.3) is 5.57 Å². The lowest BCUT2D eigenvalue weighted by molar-refractivity contribution is -0.142. The van der Waals surface area contributed by atoms with Crippen LogP contribution in [0.1, 0.15) is 123 Å². The Labute approximate surface area is 290 Å². The molecule has 0 aliphatic carbocycles. The Bertz CT molecular complexity index is 1480. The summed E-state index contributed by atoms with van der Waals surface area (Å²) >= 11 is 0. The number of unbranched alkanes of at least 4 members (excludes halogenated alkanes) is 1. The number of likely N-dealkylation sites (tertiary alicyclic amines) is 1. The summed E-state index contributed by atoms with van der Waals surface area (Å²) in [6, 6.07) is 0.916. The number of rotatable bonds is 15. The Morgan fingerprint density at radius 2 is 1.67 bits per heavy atom. The molecule has 0 radical (unpaired) electrons. The van der Waals surface area contributed by atoms with Crippen molar-refractivity contribution in [3.63, 3.8) is 0 Å². The Kier molecular flexibility index (Phi) is 13.1. The third-order valence-electron chi connectivity index (χ3n) is 8.66. The van der Waals surface area contributed by atoms with Gasteiger partial charge in [0.1, 0.15) is 23.5 Å². The van der Waals surface area contributed by atoms with E-state index in [0.717, 1.165) is 0 Å². The van der Waals surface area contributed by atoms with Crippen LogP contribution >= 0.6 is 0 Å². The minimum atomic E-state index is -0.778. The molecular weight excluding hydrogens is 626 g/mol. The van der Waals surface area contributed by atoms with E-state index in [-0.39, 0.29) is 64.6 Å². The van der Waals surface area contributed by atoms with Gasteiger partial charge in [-0.1, -0.05) is 61.5 Å². The smallest absolute Gasteiger partial charge is 0.270 e. The standard InChI is InChI=1S/C36H55N7O6/c1-21(2)28(23(5)32-41-42-34(49-32)35(6,7)8)39-31(47)26-14-13-19-43(26)33(48)29(22(3)4)38-27(45)15-11-12-18-36(9,10)40-30(46)25-17-16-24(44)20-37-25/h16-17,20-22,26,28-29,44H,5,11-15,18-19H2,1-4,6-10H3,(H,38,45)(H,39,47)(H,40,46)/t26-,28-,29-/m0/s1. The maximum absolute atomic E-state index is 13.8. The molecule has 13 nitrogen and oxygen atoms in total. The van der Waals surface area contributed by atoms with E-state index in [9.17, 15) is 24.3 Å². The molecule has 13 heteroatoms. The van der Waals surface area contributed by atoms with E-state index in [1.165, 1.54) is 18.3 Å². The number of aromatic hydroxyl groups is 1. The summed E-state index contributed by atoms with van der Waals surface area (Å²) < 4.78 is 5.89. The van der Waals surface area contributed by atoms with Crippen molar-refractivity contribution < 1.29 is 28.7 Å². The van der Waals surface area contributed by atoms with Crippen molar-refractivity contribution in [3.8, 4) is 5.75 Å². The van der Waals surface area contributed by atoms with Crippen molar-refractivity contribution >= 4 is 29.2 Å². The quantitative estimate of drug-likeness (QED) is 0.197. The highest BCUT2D eigenvalue weighted by molar-refractivity contribution is 5.94. The number of pyridine rings is 1. The molecule has 3 heterocycles. The zero-order valence-corrected chi connectivity index (χ0v) is 30.6. The van der Waals surface area contributed by atoms with Gasteiger partial charge in [-0.15, -0.1) is 10.2 Å². The second-order valence-corrected chi connectivity index (χ2v) is 15.3. The van der Waals surface area contributed by atoms with Crippen LogP contribution in [-0.2, 0) is 19.8 Å². The van der Waals surface area contributed by atoms with Gasteiger partial charge in [-0.3, -0.25) is 19.2 Å². The molecule has 270 valence electrons. The molecule has 0 unspecified atom stereocenters. The first kappa shape index (κ1) is 39.2. The van der Waals surface area contributed by atoms with Gasteiger partial charge in [-0.05, 0) is 63.5 Å². The zero-order valence-electron chi connectivity index (χ0n) is 30.6. The monoisotopic (exact) mass is 681 g/mol. The van der Waals surface area contributed by atoms with Crippen molar-refractivity contribution in [1.29, 1.82) is 0 Å². The van der Waals surface area contributed by atoms with E-state index in [1.807, 2.05) is 62.3 Å². The van der Waals surface area contributed by atoms with Gasteiger partial charge in [-0.25, -0.2) is 4.98 Å². The highest BCUT2D eigenvalue weighted by Gasteiger charge is 2.40. The molecule has 0 bridgehead atoms. The highest BCUT2D eigenvalue weighted by Crippen LogP contribution is 2.27. The predicted molar refractivity (Wildman–Crippen MR) is 186 cm³/mol. The first-order chi connectivity index (χ1) is 22.8. The molecule has 3 atom stereocenters. The van der Waals surface area contributed by atoms with E-state index in [1.54, 1.807) is 4.90 Å². The lowest BCUT2D eigenvalue weighted by Crippen LogP contribution is -2.56. The van der Waals surface area contributed by atoms with Gasteiger partial charge in [0, 0.05) is 29.5 Å². The molecule has 2 aromatic heterocycles. The Balaban J connectivity index is 1.55. The van der Waals surface area contributed by atoms with E-state index >= 15 is 0 Å². The molecule has 1 fully saturated rings. The fourth-order valence-electron chi connectivity index (χ4n) is 5.74. The van der Waals surface area contributed by atoms with Crippen molar-refractivity contribution in [2.24, 2.45) is 11.8 Å². The second-order valence-electron chi connectivity index (χ2n) is 15.3. The first-order valence-corrected chi connectivity index (χ1v) is 17.2. The third-order valence-corrected chi connectivity index (χ3v) is 8.66. The molecule has 0 saturated carbocycles. The molecule has 1 aliphatic rings. The molecule has 3 rings (SSSR count). The average molecular weight is 682 g/mol. The molecule has 1 aliphatic heterocycles. The molecule has 49 heavy (non-hydrogen) atoms. The van der Waals surface area contributed by atoms with E-state index in [0.29, 0.717) is 50.1 Å². The van der Waals surface area contributed by atoms with Gasteiger partial charge >= 0.3 is 0 Å². The average Bonchev–Trinajstić information content (AvgIpc) is 3.71. The lowest BCUT2D eigenvalue weighted by Gasteiger charge is -2.32. The summed E-state index contributed by atoms with van der Waals surface area (Å²) in [5, 5.41) is 26.7. The Morgan fingerprint density at radius 3 is 2.24 bits per heavy atom. The van der Waals surface area contributed by atoms with Crippen LogP contribution in [0.2, 0.25) is 0 Å². The minimum absolute atomic E-state index is 0.0180. The van der Waals surface area contributed by atoms with Gasteiger partial charge < -0.3 is 30.4 Å². The largest absolute Gasteiger partial charge is 0.506 e. The van der Waals surface area contributed by atoms with Crippen LogP contribution in [0.3, 0.4) is 0 Å². The van der Waals surface area contributed by atoms with Crippen molar-refractivity contribution in [3.05, 3.63) is 42.4 Å². The number of hydrogen-bond acceptors (Lipinski definition) is 9. The number of nitrogens with zero attached hydrogens (tertiary/aromatic N) is 4. The number of carbonyl (C=O) groups is 4. The van der Waals surface area contributed by atoms with Crippen LogP contribution in [-0.4, -0.2) is 79.0 Å².